The maximum atomic E-state index is 13.2. The van der Waals surface area contributed by atoms with Crippen LogP contribution in [0.1, 0.15) is 35.6 Å². The molecule has 3 rings (SSSR count). The minimum atomic E-state index is -0.124. The number of rotatable bonds is 4. The maximum absolute atomic E-state index is 13.2. The van der Waals surface area contributed by atoms with E-state index in [0.717, 1.165) is 30.6 Å². The minimum Gasteiger partial charge on any atom is -0.381 e. The number of nitrogens with zero attached hydrogens (tertiary/aromatic N) is 2. The average molecular weight is 330 g/mol. The van der Waals surface area contributed by atoms with Gasteiger partial charge in [0.2, 0.25) is 5.91 Å². The number of benzene rings is 1. The second kappa shape index (κ2) is 7.85. The van der Waals surface area contributed by atoms with Crippen molar-refractivity contribution in [3.8, 4) is 6.07 Å². The molecule has 2 aliphatic heterocycles. The Morgan fingerprint density at radius 1 is 1.35 bits per heavy atom. The molecule has 0 bridgehead atoms. The van der Waals surface area contributed by atoms with Crippen LogP contribution in [0.5, 0.6) is 0 Å². The van der Waals surface area contributed by atoms with Crippen molar-refractivity contribution in [1.29, 1.82) is 5.26 Å². The SMILES string of the molecule is N#CCCN(C(=O)[C@H]1SCCc2ccccc21)C1CCOCC1. The number of fused-ring (bicyclic) bond motifs is 1. The molecule has 0 radical (unpaired) electrons. The summed E-state index contributed by atoms with van der Waals surface area (Å²) in [6, 6.07) is 10.7. The molecule has 2 aliphatic rings. The quantitative estimate of drug-likeness (QED) is 0.852. The topological polar surface area (TPSA) is 53.3 Å². The zero-order valence-electron chi connectivity index (χ0n) is 13.2. The van der Waals surface area contributed by atoms with Crippen LogP contribution >= 0.6 is 11.8 Å². The molecule has 0 unspecified atom stereocenters. The van der Waals surface area contributed by atoms with Crippen molar-refractivity contribution < 1.29 is 9.53 Å². The van der Waals surface area contributed by atoms with Crippen LogP contribution in [0.2, 0.25) is 0 Å². The molecule has 0 spiro atoms. The van der Waals surface area contributed by atoms with Gasteiger partial charge in [-0.1, -0.05) is 24.3 Å². The fourth-order valence-corrected chi connectivity index (χ4v) is 4.65. The zero-order chi connectivity index (χ0) is 16.1. The molecular formula is C18H22N2O2S. The number of nitriles is 1. The summed E-state index contributed by atoms with van der Waals surface area (Å²) in [5.74, 6) is 1.15. The van der Waals surface area contributed by atoms with Crippen LogP contribution in [0.4, 0.5) is 0 Å². The van der Waals surface area contributed by atoms with Crippen molar-refractivity contribution in [1.82, 2.24) is 4.90 Å². The van der Waals surface area contributed by atoms with E-state index < -0.39 is 0 Å². The van der Waals surface area contributed by atoms with E-state index in [0.29, 0.717) is 26.2 Å². The smallest absolute Gasteiger partial charge is 0.240 e. The normalized spacial score (nSPS) is 21.3. The summed E-state index contributed by atoms with van der Waals surface area (Å²) < 4.78 is 5.43. The monoisotopic (exact) mass is 330 g/mol. The van der Waals surface area contributed by atoms with Gasteiger partial charge in [-0.05, 0) is 36.1 Å². The van der Waals surface area contributed by atoms with Crippen LogP contribution in [-0.2, 0) is 16.0 Å². The Balaban J connectivity index is 1.81. The van der Waals surface area contributed by atoms with E-state index in [4.69, 9.17) is 10.00 Å². The van der Waals surface area contributed by atoms with Crippen LogP contribution in [0.3, 0.4) is 0 Å². The third kappa shape index (κ3) is 3.70. The van der Waals surface area contributed by atoms with E-state index in [2.05, 4.69) is 18.2 Å². The number of thioether (sulfide) groups is 1. The lowest BCUT2D eigenvalue weighted by Crippen LogP contribution is -2.46. The highest BCUT2D eigenvalue weighted by molar-refractivity contribution is 8.00. The van der Waals surface area contributed by atoms with Gasteiger partial charge < -0.3 is 9.64 Å². The van der Waals surface area contributed by atoms with Crippen LogP contribution in [-0.4, -0.2) is 42.4 Å². The molecule has 0 N–H and O–H groups in total. The van der Waals surface area contributed by atoms with E-state index in [1.165, 1.54) is 5.56 Å². The van der Waals surface area contributed by atoms with Gasteiger partial charge in [-0.15, -0.1) is 11.8 Å². The van der Waals surface area contributed by atoms with Crippen molar-refractivity contribution in [3.05, 3.63) is 35.4 Å². The highest BCUT2D eigenvalue weighted by Crippen LogP contribution is 2.38. The average Bonchev–Trinajstić information content (AvgIpc) is 2.62. The number of carbonyl (C=O) groups is 1. The molecule has 4 nitrogen and oxygen atoms in total. The summed E-state index contributed by atoms with van der Waals surface area (Å²) in [7, 11) is 0. The molecule has 1 aromatic carbocycles. The van der Waals surface area contributed by atoms with Gasteiger partial charge in [0.15, 0.2) is 0 Å². The molecule has 1 atom stereocenters. The fraction of sp³-hybridized carbons (Fsp3) is 0.556. The first-order valence-electron chi connectivity index (χ1n) is 8.26. The molecule has 2 heterocycles. The number of hydrogen-bond donors (Lipinski definition) is 0. The highest BCUT2D eigenvalue weighted by atomic mass is 32.2. The van der Waals surface area contributed by atoms with E-state index in [-0.39, 0.29) is 17.2 Å². The van der Waals surface area contributed by atoms with Crippen molar-refractivity contribution in [2.24, 2.45) is 0 Å². The Labute approximate surface area is 141 Å². The van der Waals surface area contributed by atoms with Gasteiger partial charge in [0.1, 0.15) is 5.25 Å². The summed E-state index contributed by atoms with van der Waals surface area (Å²) in [5, 5.41) is 8.82. The lowest BCUT2D eigenvalue weighted by Gasteiger charge is -2.37. The van der Waals surface area contributed by atoms with Crippen molar-refractivity contribution >= 4 is 17.7 Å². The first-order chi connectivity index (χ1) is 11.3. The van der Waals surface area contributed by atoms with Crippen molar-refractivity contribution in [2.75, 3.05) is 25.5 Å². The van der Waals surface area contributed by atoms with Gasteiger partial charge in [0.05, 0.1) is 12.5 Å². The summed E-state index contributed by atoms with van der Waals surface area (Å²) >= 11 is 1.73. The fourth-order valence-electron chi connectivity index (χ4n) is 3.39. The molecule has 122 valence electrons. The predicted octanol–water partition coefficient (Wildman–Crippen LogP) is 2.94. The minimum absolute atomic E-state index is 0.124. The summed E-state index contributed by atoms with van der Waals surface area (Å²) in [6.45, 7) is 1.93. The van der Waals surface area contributed by atoms with Crippen molar-refractivity contribution in [3.63, 3.8) is 0 Å². The Hall–Kier alpha value is -1.51. The summed E-state index contributed by atoms with van der Waals surface area (Å²) in [5.41, 5.74) is 2.44. The zero-order valence-corrected chi connectivity index (χ0v) is 14.1. The predicted molar refractivity (Wildman–Crippen MR) is 91.1 cm³/mol. The second-order valence-electron chi connectivity index (χ2n) is 5.98. The Morgan fingerprint density at radius 3 is 2.91 bits per heavy atom. The van der Waals surface area contributed by atoms with E-state index in [1.54, 1.807) is 11.8 Å². The first kappa shape index (κ1) is 16.4. The van der Waals surface area contributed by atoms with Crippen molar-refractivity contribution in [2.45, 2.75) is 37.0 Å². The Morgan fingerprint density at radius 2 is 2.13 bits per heavy atom. The van der Waals surface area contributed by atoms with Gasteiger partial charge >= 0.3 is 0 Å². The van der Waals surface area contributed by atoms with Crippen LogP contribution in [0.15, 0.2) is 24.3 Å². The molecule has 1 fully saturated rings. The van der Waals surface area contributed by atoms with Gasteiger partial charge in [0.25, 0.3) is 0 Å². The van der Waals surface area contributed by atoms with Gasteiger partial charge in [0, 0.05) is 25.8 Å². The standard InChI is InChI=1S/C18H22N2O2S/c19-9-3-10-20(15-6-11-22-12-7-15)18(21)17-16-5-2-1-4-14(16)8-13-23-17/h1-2,4-5,15,17H,3,6-8,10-13H2/t17-/m0/s1. The van der Waals surface area contributed by atoms with Crippen LogP contribution < -0.4 is 0 Å². The van der Waals surface area contributed by atoms with E-state index in [9.17, 15) is 4.79 Å². The van der Waals surface area contributed by atoms with Gasteiger partial charge in [-0.2, -0.15) is 5.26 Å². The number of ether oxygens (including phenoxy) is 1. The van der Waals surface area contributed by atoms with E-state index >= 15 is 0 Å². The number of carbonyl (C=O) groups excluding carboxylic acids is 1. The summed E-state index contributed by atoms with van der Waals surface area (Å²) in [6.07, 6.45) is 3.16. The lowest BCUT2D eigenvalue weighted by atomic mass is 9.99. The Bertz CT molecular complexity index is 593. The molecule has 0 saturated carbocycles. The molecule has 0 aliphatic carbocycles. The van der Waals surface area contributed by atoms with Gasteiger partial charge in [-0.25, -0.2) is 0 Å². The molecule has 0 aromatic heterocycles. The van der Waals surface area contributed by atoms with Gasteiger partial charge in [-0.3, -0.25) is 4.79 Å². The highest BCUT2D eigenvalue weighted by Gasteiger charge is 2.34. The van der Waals surface area contributed by atoms with Crippen LogP contribution in [0, 0.1) is 11.3 Å². The van der Waals surface area contributed by atoms with E-state index in [1.807, 2.05) is 17.0 Å². The Kier molecular flexibility index (Phi) is 5.58. The number of hydrogen-bond acceptors (Lipinski definition) is 4. The summed E-state index contributed by atoms with van der Waals surface area (Å²) in [4.78, 5) is 15.2. The molecule has 1 amide bonds. The molecule has 23 heavy (non-hydrogen) atoms. The van der Waals surface area contributed by atoms with Crippen LogP contribution in [0.25, 0.3) is 0 Å². The largest absolute Gasteiger partial charge is 0.381 e. The second-order valence-corrected chi connectivity index (χ2v) is 7.20. The lowest BCUT2D eigenvalue weighted by molar-refractivity contribution is -0.134. The number of amides is 1. The first-order valence-corrected chi connectivity index (χ1v) is 9.30. The third-order valence-corrected chi connectivity index (χ3v) is 5.83. The molecule has 5 heteroatoms. The maximum Gasteiger partial charge on any atom is 0.240 e. The number of aryl methyl sites for hydroxylation is 1. The molecule has 1 saturated heterocycles. The molecule has 1 aromatic rings. The third-order valence-electron chi connectivity index (χ3n) is 4.60. The molecular weight excluding hydrogens is 308 g/mol.